The normalized spacial score (nSPS) is 27.8. The average molecular weight is 346 g/mol. The predicted molar refractivity (Wildman–Crippen MR) is 95.4 cm³/mol. The van der Waals surface area contributed by atoms with E-state index in [1.54, 1.807) is 0 Å². The van der Waals surface area contributed by atoms with Crippen LogP contribution < -0.4 is 0 Å². The highest BCUT2D eigenvalue weighted by Gasteiger charge is 2.44. The zero-order valence-electron chi connectivity index (χ0n) is 13.9. The Balaban J connectivity index is 1.45. The van der Waals surface area contributed by atoms with E-state index in [0.29, 0.717) is 0 Å². The molecule has 24 heavy (non-hydrogen) atoms. The standard InChI is InChI=1S/C19H24ClN3O/c20-16-4-6-17(7-5-16)23-13-15(11-21-23)12-22-10-2-9-19(14-22)8-1-3-18(19)24/h4-7,11,13,18,24H,1-3,8-10,12,14H2/t18-,19+/m1/s1. The Morgan fingerprint density at radius 3 is 2.75 bits per heavy atom. The van der Waals surface area contributed by atoms with Crippen molar-refractivity contribution in [3.8, 4) is 5.69 Å². The summed E-state index contributed by atoms with van der Waals surface area (Å²) in [7, 11) is 0. The van der Waals surface area contributed by atoms with Crippen LogP contribution in [-0.4, -0.2) is 39.0 Å². The minimum Gasteiger partial charge on any atom is -0.393 e. The third-order valence-electron chi connectivity index (χ3n) is 5.68. The first-order chi connectivity index (χ1) is 11.6. The lowest BCUT2D eigenvalue weighted by molar-refractivity contribution is -0.0120. The number of nitrogens with zero attached hydrogens (tertiary/aromatic N) is 3. The number of piperidine rings is 1. The van der Waals surface area contributed by atoms with Crippen LogP contribution in [0.4, 0.5) is 0 Å². The number of aliphatic hydroxyl groups is 1. The molecule has 2 aromatic rings. The molecule has 4 rings (SSSR count). The summed E-state index contributed by atoms with van der Waals surface area (Å²) in [6.07, 6.45) is 9.60. The second-order valence-electron chi connectivity index (χ2n) is 7.35. The van der Waals surface area contributed by atoms with Gasteiger partial charge in [-0.1, -0.05) is 18.0 Å². The van der Waals surface area contributed by atoms with Gasteiger partial charge in [-0.25, -0.2) is 4.68 Å². The lowest BCUT2D eigenvalue weighted by atomic mass is 9.76. The lowest BCUT2D eigenvalue weighted by Gasteiger charge is -2.42. The van der Waals surface area contributed by atoms with Gasteiger partial charge in [0.25, 0.3) is 0 Å². The van der Waals surface area contributed by atoms with Gasteiger partial charge in [0.1, 0.15) is 0 Å². The molecule has 0 amide bonds. The number of likely N-dealkylation sites (tertiary alicyclic amines) is 1. The Kier molecular flexibility index (Phi) is 4.37. The summed E-state index contributed by atoms with van der Waals surface area (Å²) in [6.45, 7) is 3.03. The molecule has 128 valence electrons. The summed E-state index contributed by atoms with van der Waals surface area (Å²) in [4.78, 5) is 2.49. The van der Waals surface area contributed by atoms with E-state index in [1.807, 2.05) is 35.1 Å². The third kappa shape index (κ3) is 3.10. The van der Waals surface area contributed by atoms with Gasteiger partial charge in [-0.15, -0.1) is 0 Å². The molecule has 1 aliphatic carbocycles. The van der Waals surface area contributed by atoms with E-state index in [-0.39, 0.29) is 11.5 Å². The summed E-state index contributed by atoms with van der Waals surface area (Å²) in [5.41, 5.74) is 2.38. The second kappa shape index (κ2) is 6.51. The number of aromatic nitrogens is 2. The van der Waals surface area contributed by atoms with Crippen molar-refractivity contribution in [2.75, 3.05) is 13.1 Å². The fourth-order valence-electron chi connectivity index (χ4n) is 4.42. The second-order valence-corrected chi connectivity index (χ2v) is 7.79. The van der Waals surface area contributed by atoms with Gasteiger partial charge in [-0.05, 0) is 56.5 Å². The molecular formula is C19H24ClN3O. The van der Waals surface area contributed by atoms with Gasteiger partial charge < -0.3 is 5.11 Å². The number of hydrogen-bond acceptors (Lipinski definition) is 3. The van der Waals surface area contributed by atoms with Gasteiger partial charge in [0, 0.05) is 35.3 Å². The summed E-state index contributed by atoms with van der Waals surface area (Å²) in [6, 6.07) is 7.72. The molecule has 1 saturated carbocycles. The molecule has 4 nitrogen and oxygen atoms in total. The minimum atomic E-state index is -0.114. The molecule has 2 heterocycles. The first-order valence-electron chi connectivity index (χ1n) is 8.85. The molecular weight excluding hydrogens is 322 g/mol. The van der Waals surface area contributed by atoms with Crippen LogP contribution in [0.25, 0.3) is 5.69 Å². The first-order valence-corrected chi connectivity index (χ1v) is 9.22. The van der Waals surface area contributed by atoms with Crippen LogP contribution in [0.1, 0.15) is 37.7 Å². The van der Waals surface area contributed by atoms with E-state index in [4.69, 9.17) is 11.6 Å². The third-order valence-corrected chi connectivity index (χ3v) is 5.93. The molecule has 1 aliphatic heterocycles. The molecule has 2 aliphatic rings. The highest BCUT2D eigenvalue weighted by Crippen LogP contribution is 2.45. The highest BCUT2D eigenvalue weighted by molar-refractivity contribution is 6.30. The van der Waals surface area contributed by atoms with Crippen molar-refractivity contribution in [1.82, 2.24) is 14.7 Å². The summed E-state index contributed by atoms with van der Waals surface area (Å²) in [5.74, 6) is 0. The van der Waals surface area contributed by atoms with Gasteiger partial charge in [0.15, 0.2) is 0 Å². The zero-order valence-corrected chi connectivity index (χ0v) is 14.6. The van der Waals surface area contributed by atoms with Crippen molar-refractivity contribution < 1.29 is 5.11 Å². The lowest BCUT2D eigenvalue weighted by Crippen LogP contribution is -2.46. The van der Waals surface area contributed by atoms with Crippen molar-refractivity contribution in [2.24, 2.45) is 5.41 Å². The van der Waals surface area contributed by atoms with E-state index in [9.17, 15) is 5.11 Å². The first kappa shape index (κ1) is 16.1. The average Bonchev–Trinajstić information content (AvgIpc) is 3.17. The van der Waals surface area contributed by atoms with Crippen molar-refractivity contribution in [3.63, 3.8) is 0 Å². The smallest absolute Gasteiger partial charge is 0.0646 e. The number of halogens is 1. The molecule has 1 aromatic heterocycles. The number of aliphatic hydroxyl groups excluding tert-OH is 1. The van der Waals surface area contributed by atoms with E-state index in [1.165, 1.54) is 31.2 Å². The van der Waals surface area contributed by atoms with Crippen molar-refractivity contribution in [1.29, 1.82) is 0 Å². The fourth-order valence-corrected chi connectivity index (χ4v) is 4.55. The van der Waals surface area contributed by atoms with E-state index in [0.717, 1.165) is 36.8 Å². The minimum absolute atomic E-state index is 0.114. The molecule has 1 N–H and O–H groups in total. The molecule has 1 spiro atoms. The molecule has 5 heteroatoms. The molecule has 0 radical (unpaired) electrons. The van der Waals surface area contributed by atoms with Crippen LogP contribution in [0.2, 0.25) is 5.02 Å². The largest absolute Gasteiger partial charge is 0.393 e. The molecule has 2 fully saturated rings. The van der Waals surface area contributed by atoms with Gasteiger partial charge >= 0.3 is 0 Å². The Morgan fingerprint density at radius 1 is 1.21 bits per heavy atom. The molecule has 1 saturated heterocycles. The van der Waals surface area contributed by atoms with Crippen LogP contribution in [0.3, 0.4) is 0 Å². The van der Waals surface area contributed by atoms with Gasteiger partial charge in [0.05, 0.1) is 18.0 Å². The Bertz CT molecular complexity index is 699. The topological polar surface area (TPSA) is 41.3 Å². The number of hydrogen-bond donors (Lipinski definition) is 1. The van der Waals surface area contributed by atoms with E-state index in [2.05, 4.69) is 16.2 Å². The highest BCUT2D eigenvalue weighted by atomic mass is 35.5. The van der Waals surface area contributed by atoms with Gasteiger partial charge in [-0.3, -0.25) is 4.90 Å². The van der Waals surface area contributed by atoms with Crippen LogP contribution in [0, 0.1) is 5.41 Å². The maximum atomic E-state index is 10.4. The molecule has 0 bridgehead atoms. The van der Waals surface area contributed by atoms with Crippen LogP contribution in [0.15, 0.2) is 36.7 Å². The Morgan fingerprint density at radius 2 is 2.00 bits per heavy atom. The Labute approximate surface area is 148 Å². The number of benzene rings is 1. The molecule has 0 unspecified atom stereocenters. The van der Waals surface area contributed by atoms with Crippen LogP contribution in [-0.2, 0) is 6.54 Å². The summed E-state index contributed by atoms with van der Waals surface area (Å²) >= 11 is 5.95. The quantitative estimate of drug-likeness (QED) is 0.923. The van der Waals surface area contributed by atoms with Crippen molar-refractivity contribution in [2.45, 2.75) is 44.8 Å². The molecule has 1 aromatic carbocycles. The maximum Gasteiger partial charge on any atom is 0.0646 e. The number of rotatable bonds is 3. The zero-order chi connectivity index (χ0) is 16.6. The fraction of sp³-hybridized carbons (Fsp3) is 0.526. The SMILES string of the molecule is O[C@@H]1CCC[C@@]12CCCN(Cc1cnn(-c3ccc(Cl)cc3)c1)C2. The van der Waals surface area contributed by atoms with Gasteiger partial charge in [0.2, 0.25) is 0 Å². The van der Waals surface area contributed by atoms with Crippen molar-refractivity contribution in [3.05, 3.63) is 47.2 Å². The summed E-state index contributed by atoms with van der Waals surface area (Å²) in [5, 5.41) is 15.6. The molecule has 2 atom stereocenters. The van der Waals surface area contributed by atoms with E-state index < -0.39 is 0 Å². The van der Waals surface area contributed by atoms with Crippen LogP contribution >= 0.6 is 11.6 Å². The monoisotopic (exact) mass is 345 g/mol. The predicted octanol–water partition coefficient (Wildman–Crippen LogP) is 3.65. The van der Waals surface area contributed by atoms with E-state index >= 15 is 0 Å². The van der Waals surface area contributed by atoms with Gasteiger partial charge in [-0.2, -0.15) is 5.10 Å². The maximum absolute atomic E-state index is 10.4. The van der Waals surface area contributed by atoms with Crippen molar-refractivity contribution >= 4 is 11.6 Å². The van der Waals surface area contributed by atoms with Crippen LogP contribution in [0.5, 0.6) is 0 Å². The Hall–Kier alpha value is -1.36. The summed E-state index contributed by atoms with van der Waals surface area (Å²) < 4.78 is 1.90.